The van der Waals surface area contributed by atoms with Crippen LogP contribution in [0, 0.1) is 12.5 Å². The zero-order valence-corrected chi connectivity index (χ0v) is 62.3. The first-order valence-electron chi connectivity index (χ1n) is 31.5. The standard InChI is InChI=1S/2C26H24P2.C21H12N2O4S2.2C5H5.2Ru/c2*1-5-13-23(14-6-1)27(24-15-7-2-8-16-24)21-22-28(25-17-9-3-10-18-25)26-19-11-4-12-20-26;24-20-22-18(16(11-26-20)14-7-3-1-4-8-14)28-13-29-19-17(12-27-21(25)23-19)15-9-5-2-6-10-15;2*1-2-4-5-3-1;;/h2*1-20H,21-22H2;1-10H,13H2;2*1-5H;;/q;;-2;-5;-1;2*+6/p+4. The predicted molar refractivity (Wildman–Crippen MR) is 416 cm³/mol. The Kier molecular flexibility index (Phi) is 33.2. The van der Waals surface area contributed by atoms with Gasteiger partial charge in [-0.3, -0.25) is 19.6 Å². The molecule has 0 radical (unpaired) electrons. The molecule has 480 valence electrons. The van der Waals surface area contributed by atoms with Gasteiger partial charge in [0.15, 0.2) is 0 Å². The summed E-state index contributed by atoms with van der Waals surface area (Å²) in [6.45, 7) is 0. The van der Waals surface area contributed by atoms with Crippen LogP contribution in [0.1, 0.15) is 0 Å². The Hall–Kier alpha value is -7.67. The summed E-state index contributed by atoms with van der Waals surface area (Å²) in [7, 11) is -3.13. The second-order valence-corrected chi connectivity index (χ2v) is 34.2. The topological polar surface area (TPSA) is 86.2 Å². The van der Waals surface area contributed by atoms with E-state index in [4.69, 9.17) is 8.83 Å². The van der Waals surface area contributed by atoms with E-state index in [1.165, 1.54) is 90.6 Å². The van der Waals surface area contributed by atoms with E-state index in [1.807, 2.05) is 121 Å². The van der Waals surface area contributed by atoms with Gasteiger partial charge in [0, 0.05) is 27.7 Å². The van der Waals surface area contributed by atoms with Crippen molar-refractivity contribution >= 4 is 97.6 Å². The Balaban J connectivity index is 0.000000171. The molecule has 12 aromatic carbocycles. The predicted octanol–water partition coefficient (Wildman–Crippen LogP) is 16.4. The number of thioether (sulfide) groups is 2. The van der Waals surface area contributed by atoms with Crippen molar-refractivity contribution in [1.29, 1.82) is 0 Å². The van der Waals surface area contributed by atoms with Crippen molar-refractivity contribution in [3.63, 3.8) is 0 Å². The first kappa shape index (κ1) is 75.1. The molecular weight excluding hydrogens is 1480 g/mol. The molecule has 0 spiro atoms. The minimum Gasteiger partial charge on any atom is -0.748 e. The third-order valence-corrected chi connectivity index (χ3v) is 29.5. The van der Waals surface area contributed by atoms with Crippen LogP contribution in [-0.2, 0) is 39.0 Å². The minimum atomic E-state index is -0.783. The molecular formula is C83H74N2O4P4Ru2S2+8. The summed E-state index contributed by atoms with van der Waals surface area (Å²) in [6, 6.07) is 128. The Morgan fingerprint density at radius 3 is 0.701 bits per heavy atom. The smallest absolute Gasteiger partial charge is 0.748 e. The third-order valence-electron chi connectivity index (χ3n) is 15.1. The van der Waals surface area contributed by atoms with Crippen molar-refractivity contribution in [3.8, 4) is 22.3 Å². The van der Waals surface area contributed by atoms with Crippen molar-refractivity contribution < 1.29 is 47.8 Å². The molecule has 0 amide bonds. The van der Waals surface area contributed by atoms with Gasteiger partial charge >= 0.3 is 50.5 Å². The van der Waals surface area contributed by atoms with Crippen LogP contribution in [0.2, 0.25) is 0 Å². The molecule has 14 heteroatoms. The molecule has 6 nitrogen and oxygen atoms in total. The first-order chi connectivity index (χ1) is 47.0. The van der Waals surface area contributed by atoms with Gasteiger partial charge in [-0.2, -0.15) is 18.2 Å². The normalized spacial score (nSPS) is 10.4. The van der Waals surface area contributed by atoms with E-state index < -0.39 is 43.2 Å². The number of hydrogen-bond donors (Lipinski definition) is 0. The molecule has 0 unspecified atom stereocenters. The molecule has 0 N–H and O–H groups in total. The van der Waals surface area contributed by atoms with Crippen molar-refractivity contribution in [2.45, 2.75) is 10.1 Å². The summed E-state index contributed by atoms with van der Waals surface area (Å²) in [5, 5.41) is 13.6. The van der Waals surface area contributed by atoms with E-state index in [-0.39, 0.29) is 39.0 Å². The van der Waals surface area contributed by atoms with E-state index in [9.17, 15) is 9.59 Å². The average molecular weight is 1550 g/mol. The van der Waals surface area contributed by atoms with Gasteiger partial charge in [-0.05, 0) is 97.1 Å². The maximum Gasteiger partial charge on any atom is 6.00 e. The second-order valence-electron chi connectivity index (χ2n) is 21.4. The molecule has 2 heterocycles. The summed E-state index contributed by atoms with van der Waals surface area (Å²) in [4.78, 5) is 31.1. The van der Waals surface area contributed by atoms with Crippen LogP contribution in [0.3, 0.4) is 0 Å². The molecule has 0 aliphatic heterocycles. The third kappa shape index (κ3) is 24.4. The largest absolute Gasteiger partial charge is 6.00 e. The van der Waals surface area contributed by atoms with Crippen LogP contribution in [-0.4, -0.2) is 39.7 Å². The number of rotatable bonds is 20. The number of aromatic nitrogens is 2. The molecule has 0 atom stereocenters. The fourth-order valence-electron chi connectivity index (χ4n) is 10.6. The summed E-state index contributed by atoms with van der Waals surface area (Å²) in [5.74, 6) is -1.43. The maximum atomic E-state index is 11.6. The summed E-state index contributed by atoms with van der Waals surface area (Å²) in [6.07, 6.45) is 10.3. The maximum absolute atomic E-state index is 11.6. The Morgan fingerprint density at radius 2 is 0.505 bits per heavy atom. The van der Waals surface area contributed by atoms with Crippen molar-refractivity contribution in [1.82, 2.24) is 9.97 Å². The number of benzene rings is 10. The average Bonchev–Trinajstić information content (AvgIpc) is 1.28. The van der Waals surface area contributed by atoms with Gasteiger partial charge in [0.2, 0.25) is 0 Å². The van der Waals surface area contributed by atoms with Crippen molar-refractivity contribution in [3.05, 3.63) is 398 Å². The molecule has 14 aromatic rings. The van der Waals surface area contributed by atoms with Gasteiger partial charge in [0.25, 0.3) is 0 Å². The first-order valence-corrected chi connectivity index (χ1v) is 40.3. The van der Waals surface area contributed by atoms with E-state index in [1.54, 1.807) is 0 Å². The molecule has 14 rings (SSSR count). The zero-order valence-electron chi connectivity index (χ0n) is 53.2. The van der Waals surface area contributed by atoms with Crippen LogP contribution in [0.15, 0.2) is 392 Å². The van der Waals surface area contributed by atoms with Crippen LogP contribution in [0.4, 0.5) is 0 Å². The fourth-order valence-corrected chi connectivity index (χ4v) is 25.0. The molecule has 0 bridgehead atoms. The van der Waals surface area contributed by atoms with Crippen LogP contribution in [0.25, 0.3) is 22.3 Å². The number of hydrogen-bond acceptors (Lipinski definition) is 8. The van der Waals surface area contributed by atoms with Gasteiger partial charge in [-0.15, -0.1) is 23.5 Å². The Bertz CT molecular complexity index is 3810. The van der Waals surface area contributed by atoms with Crippen molar-refractivity contribution in [2.75, 3.05) is 29.7 Å². The van der Waals surface area contributed by atoms with E-state index >= 15 is 0 Å². The van der Waals surface area contributed by atoms with Crippen LogP contribution < -0.4 is 53.9 Å². The molecule has 0 fully saturated rings. The molecule has 0 saturated heterocycles. The monoisotopic (exact) mass is 1550 g/mol. The van der Waals surface area contributed by atoms with E-state index in [0.29, 0.717) is 26.3 Å². The van der Waals surface area contributed by atoms with Crippen LogP contribution >= 0.6 is 55.2 Å². The van der Waals surface area contributed by atoms with Crippen LogP contribution in [0.5, 0.6) is 0 Å². The second kappa shape index (κ2) is 42.9. The van der Waals surface area contributed by atoms with Crippen molar-refractivity contribution in [2.24, 2.45) is 0 Å². The molecule has 0 aliphatic carbocycles. The number of nitrogens with zero attached hydrogens (tertiary/aromatic N) is 2. The summed E-state index contributed by atoms with van der Waals surface area (Å²) >= 11 is 2.67. The summed E-state index contributed by atoms with van der Waals surface area (Å²) in [5.41, 5.74) is 2.89. The molecule has 0 saturated carbocycles. The Labute approximate surface area is 609 Å². The SMILES string of the molecule is O=c1nc(SCSc2nc(=O)o[c-]c2-c2ccccc2)c(-c2ccccc2)[c-]o1.[Ru+6].[Ru+6].[cH-]1[cH-][cH-][cH-][cH-]1.c1cc[cH-]c1.c1ccc([PH+](CC[PH+](c2ccccc2)c2ccccc2)c2ccccc2)cc1.c1ccc([PH+](CC[PH+](c2ccccc2)c2ccccc2)c2ccccc2)cc1. The molecule has 2 aromatic heterocycles. The van der Waals surface area contributed by atoms with Gasteiger partial charge in [-0.25, -0.2) is 12.1 Å². The fraction of sp³-hybridized carbons (Fsp3) is 0.0602. The molecule has 97 heavy (non-hydrogen) atoms. The van der Waals surface area contributed by atoms with Gasteiger partial charge in [0.05, 0.1) is 74.1 Å². The van der Waals surface area contributed by atoms with Gasteiger partial charge < -0.3 is 39.2 Å². The Morgan fingerprint density at radius 1 is 0.299 bits per heavy atom. The quantitative estimate of drug-likeness (QED) is 0.0245. The minimum absolute atomic E-state index is 0. The van der Waals surface area contributed by atoms with E-state index in [2.05, 4.69) is 265 Å². The molecule has 0 aliphatic rings. The van der Waals surface area contributed by atoms with E-state index in [0.717, 1.165) is 11.1 Å². The van der Waals surface area contributed by atoms with Gasteiger partial charge in [0.1, 0.15) is 24.6 Å². The van der Waals surface area contributed by atoms with Gasteiger partial charge in [-0.1, -0.05) is 229 Å². The zero-order chi connectivity index (χ0) is 65.2. The summed E-state index contributed by atoms with van der Waals surface area (Å²) < 4.78 is 9.66.